The normalized spacial score (nSPS) is 9.09. The van der Waals surface area contributed by atoms with Gasteiger partial charge in [-0.3, -0.25) is 0 Å². The number of phenolic OH excluding ortho intramolecular Hbond substituents is 2. The Morgan fingerprint density at radius 2 is 2.00 bits per heavy atom. The molecule has 0 radical (unpaired) electrons. The minimum Gasteiger partial charge on any atom is -0.504 e. The van der Waals surface area contributed by atoms with Crippen molar-refractivity contribution in [3.8, 4) is 17.6 Å². The van der Waals surface area contributed by atoms with Crippen LogP contribution in [0.25, 0.3) is 0 Å². The lowest BCUT2D eigenvalue weighted by molar-refractivity contribution is 0.402. The number of phenols is 2. The molecule has 0 heterocycles. The Labute approximate surface area is 64.1 Å². The number of aromatic hydroxyl groups is 2. The summed E-state index contributed by atoms with van der Waals surface area (Å²) in [5, 5.41) is 26.5. The van der Waals surface area contributed by atoms with Gasteiger partial charge in [0.15, 0.2) is 11.5 Å². The minimum atomic E-state index is -0.349. The molecule has 1 aromatic rings. The second-order valence-electron chi connectivity index (χ2n) is 2.29. The molecule has 11 heavy (non-hydrogen) atoms. The third-order valence-corrected chi connectivity index (χ3v) is 1.35. The van der Waals surface area contributed by atoms with Gasteiger partial charge in [0.2, 0.25) is 0 Å². The number of hydrogen-bond acceptors (Lipinski definition) is 3. The first-order valence-electron chi connectivity index (χ1n) is 3.08. The average molecular weight is 149 g/mol. The summed E-state index contributed by atoms with van der Waals surface area (Å²) in [5.41, 5.74) is 0.847. The van der Waals surface area contributed by atoms with E-state index in [-0.39, 0.29) is 17.1 Å². The van der Waals surface area contributed by atoms with Crippen molar-refractivity contribution < 1.29 is 10.2 Å². The zero-order chi connectivity index (χ0) is 8.43. The number of aryl methyl sites for hydroxylation is 1. The van der Waals surface area contributed by atoms with Crippen molar-refractivity contribution in [2.75, 3.05) is 0 Å². The Hall–Kier alpha value is -1.69. The molecule has 0 fully saturated rings. The van der Waals surface area contributed by atoms with Crippen LogP contribution in [0.5, 0.6) is 11.5 Å². The molecule has 2 N–H and O–H groups in total. The minimum absolute atomic E-state index is 0.0995. The van der Waals surface area contributed by atoms with E-state index in [0.717, 1.165) is 5.56 Å². The molecule has 1 rings (SSSR count). The first-order valence-corrected chi connectivity index (χ1v) is 3.08. The van der Waals surface area contributed by atoms with Gasteiger partial charge in [-0.05, 0) is 24.6 Å². The molecule has 0 unspecified atom stereocenters. The van der Waals surface area contributed by atoms with Gasteiger partial charge in [-0.1, -0.05) is 0 Å². The second kappa shape index (κ2) is 2.51. The van der Waals surface area contributed by atoms with Crippen molar-refractivity contribution >= 4 is 0 Å². The highest BCUT2D eigenvalue weighted by Crippen LogP contribution is 2.29. The van der Waals surface area contributed by atoms with Crippen LogP contribution in [-0.4, -0.2) is 10.2 Å². The van der Waals surface area contributed by atoms with Crippen LogP contribution in [0.2, 0.25) is 0 Å². The van der Waals surface area contributed by atoms with Crippen LogP contribution in [0.4, 0.5) is 0 Å². The van der Waals surface area contributed by atoms with Gasteiger partial charge in [0.25, 0.3) is 0 Å². The lowest BCUT2D eigenvalue weighted by atomic mass is 10.1. The van der Waals surface area contributed by atoms with Gasteiger partial charge in [-0.15, -0.1) is 0 Å². The van der Waals surface area contributed by atoms with Crippen molar-refractivity contribution in [1.29, 1.82) is 5.26 Å². The number of rotatable bonds is 0. The van der Waals surface area contributed by atoms with E-state index in [2.05, 4.69) is 0 Å². The molecule has 0 bridgehead atoms. The van der Waals surface area contributed by atoms with Crippen molar-refractivity contribution in [3.63, 3.8) is 0 Å². The van der Waals surface area contributed by atoms with E-state index in [1.807, 2.05) is 0 Å². The van der Waals surface area contributed by atoms with Gasteiger partial charge < -0.3 is 10.2 Å². The summed E-state index contributed by atoms with van der Waals surface area (Å²) in [5.74, 6) is -0.598. The van der Waals surface area contributed by atoms with Crippen LogP contribution >= 0.6 is 0 Å². The molecular formula is C8H7NO2. The molecule has 0 aliphatic carbocycles. The smallest absolute Gasteiger partial charge is 0.175 e. The fourth-order valence-electron chi connectivity index (χ4n) is 0.845. The molecule has 0 amide bonds. The lowest BCUT2D eigenvalue weighted by Gasteiger charge is -1.99. The molecule has 0 atom stereocenters. The van der Waals surface area contributed by atoms with E-state index in [1.165, 1.54) is 12.1 Å². The summed E-state index contributed by atoms with van der Waals surface area (Å²) in [6.45, 7) is 1.74. The first-order chi connectivity index (χ1) is 5.15. The van der Waals surface area contributed by atoms with Crippen molar-refractivity contribution in [1.82, 2.24) is 0 Å². The van der Waals surface area contributed by atoms with E-state index in [1.54, 1.807) is 13.0 Å². The van der Waals surface area contributed by atoms with Crippen LogP contribution in [0.15, 0.2) is 12.1 Å². The topological polar surface area (TPSA) is 64.2 Å². The van der Waals surface area contributed by atoms with Gasteiger partial charge in [0, 0.05) is 0 Å². The largest absolute Gasteiger partial charge is 0.504 e. The molecule has 3 nitrogen and oxygen atoms in total. The maximum Gasteiger partial charge on any atom is 0.175 e. The molecule has 0 saturated heterocycles. The quantitative estimate of drug-likeness (QED) is 0.546. The Bertz CT molecular complexity index is 326. The van der Waals surface area contributed by atoms with Crippen LogP contribution in [0.1, 0.15) is 11.1 Å². The highest BCUT2D eigenvalue weighted by atomic mass is 16.3. The molecule has 0 spiro atoms. The average Bonchev–Trinajstić information content (AvgIpc) is 1.96. The van der Waals surface area contributed by atoms with Crippen LogP contribution in [0, 0.1) is 18.3 Å². The van der Waals surface area contributed by atoms with Crippen molar-refractivity contribution in [2.24, 2.45) is 0 Å². The number of hydrogen-bond donors (Lipinski definition) is 2. The third-order valence-electron chi connectivity index (χ3n) is 1.35. The summed E-state index contributed by atoms with van der Waals surface area (Å²) in [4.78, 5) is 0. The summed E-state index contributed by atoms with van der Waals surface area (Å²) in [6, 6.07) is 4.67. The monoisotopic (exact) mass is 149 g/mol. The molecular weight excluding hydrogens is 142 g/mol. The van der Waals surface area contributed by atoms with Gasteiger partial charge >= 0.3 is 0 Å². The number of nitriles is 1. The zero-order valence-electron chi connectivity index (χ0n) is 6.00. The van der Waals surface area contributed by atoms with E-state index in [9.17, 15) is 0 Å². The fraction of sp³-hybridized carbons (Fsp3) is 0.125. The Kier molecular flexibility index (Phi) is 1.69. The van der Waals surface area contributed by atoms with Gasteiger partial charge in [0.1, 0.15) is 6.07 Å². The Balaban J connectivity index is 3.39. The summed E-state index contributed by atoms with van der Waals surface area (Å²) >= 11 is 0. The van der Waals surface area contributed by atoms with Crippen LogP contribution in [-0.2, 0) is 0 Å². The SMILES string of the molecule is Cc1cc(O)c(O)c(C#N)c1. The summed E-state index contributed by atoms with van der Waals surface area (Å²) in [7, 11) is 0. The van der Waals surface area contributed by atoms with Crippen LogP contribution in [0.3, 0.4) is 0 Å². The molecule has 1 aromatic carbocycles. The highest BCUT2D eigenvalue weighted by Gasteiger charge is 2.05. The predicted octanol–water partition coefficient (Wildman–Crippen LogP) is 1.28. The molecule has 0 saturated carbocycles. The molecule has 0 aliphatic rings. The molecule has 56 valence electrons. The van der Waals surface area contributed by atoms with Gasteiger partial charge in [-0.25, -0.2) is 0 Å². The van der Waals surface area contributed by atoms with Gasteiger partial charge in [0.05, 0.1) is 5.56 Å². The van der Waals surface area contributed by atoms with Crippen molar-refractivity contribution in [2.45, 2.75) is 6.92 Å². The Morgan fingerprint density at radius 1 is 1.36 bits per heavy atom. The summed E-state index contributed by atoms with van der Waals surface area (Å²) in [6.07, 6.45) is 0. The summed E-state index contributed by atoms with van der Waals surface area (Å²) < 4.78 is 0. The van der Waals surface area contributed by atoms with E-state index in [4.69, 9.17) is 15.5 Å². The van der Waals surface area contributed by atoms with E-state index >= 15 is 0 Å². The maximum atomic E-state index is 9.05. The third kappa shape index (κ3) is 1.24. The predicted molar refractivity (Wildman–Crippen MR) is 39.2 cm³/mol. The fourth-order valence-corrected chi connectivity index (χ4v) is 0.845. The maximum absolute atomic E-state index is 9.05. The number of benzene rings is 1. The first kappa shape index (κ1) is 7.42. The standard InChI is InChI=1S/C8H7NO2/c1-5-2-6(4-9)8(11)7(10)3-5/h2-3,10-11H,1H3. The van der Waals surface area contributed by atoms with Crippen LogP contribution < -0.4 is 0 Å². The molecule has 0 aliphatic heterocycles. The Morgan fingerprint density at radius 3 is 2.55 bits per heavy atom. The van der Waals surface area contributed by atoms with E-state index in [0.29, 0.717) is 0 Å². The number of nitrogens with zero attached hydrogens (tertiary/aromatic N) is 1. The lowest BCUT2D eigenvalue weighted by Crippen LogP contribution is -1.79. The molecule has 3 heteroatoms. The second-order valence-corrected chi connectivity index (χ2v) is 2.29. The molecule has 0 aromatic heterocycles. The zero-order valence-corrected chi connectivity index (χ0v) is 6.00. The highest BCUT2D eigenvalue weighted by molar-refractivity contribution is 5.52. The van der Waals surface area contributed by atoms with E-state index < -0.39 is 0 Å². The van der Waals surface area contributed by atoms with Crippen molar-refractivity contribution in [3.05, 3.63) is 23.3 Å². The van der Waals surface area contributed by atoms with Gasteiger partial charge in [-0.2, -0.15) is 5.26 Å².